The molecule has 6 aromatic carbocycles. The molecule has 0 saturated carbocycles. The van der Waals surface area contributed by atoms with E-state index >= 15 is 0 Å². The molecule has 9 heteroatoms. The van der Waals surface area contributed by atoms with Crippen LogP contribution < -0.4 is 0 Å². The molecule has 0 fully saturated rings. The molecule has 1 aromatic heterocycles. The third kappa shape index (κ3) is 5.72. The summed E-state index contributed by atoms with van der Waals surface area (Å²) in [5.74, 6) is -0.000941. The van der Waals surface area contributed by atoms with Gasteiger partial charge in [0, 0.05) is 11.6 Å². The molecular formula is C37H20F7NO. The van der Waals surface area contributed by atoms with Crippen molar-refractivity contribution in [2.75, 3.05) is 0 Å². The molecule has 0 atom stereocenters. The molecule has 46 heavy (non-hydrogen) atoms. The van der Waals surface area contributed by atoms with E-state index in [2.05, 4.69) is 4.98 Å². The van der Waals surface area contributed by atoms with Crippen LogP contribution in [0.5, 0.6) is 0 Å². The number of aromatic nitrogens is 1. The van der Waals surface area contributed by atoms with Crippen LogP contribution in [0.25, 0.3) is 66.7 Å². The molecule has 7 rings (SSSR count). The number of hydrogen-bond donors (Lipinski definition) is 0. The maximum Gasteiger partial charge on any atom is 0.416 e. The second kappa shape index (κ2) is 10.9. The second-order valence-corrected chi connectivity index (χ2v) is 10.9. The van der Waals surface area contributed by atoms with E-state index < -0.39 is 29.3 Å². The number of hydrogen-bond acceptors (Lipinski definition) is 2. The predicted molar refractivity (Wildman–Crippen MR) is 163 cm³/mol. The molecule has 228 valence electrons. The summed E-state index contributed by atoms with van der Waals surface area (Å²) < 4.78 is 99.2. The minimum absolute atomic E-state index is 0.123. The zero-order valence-electron chi connectivity index (χ0n) is 23.5. The zero-order chi connectivity index (χ0) is 32.2. The van der Waals surface area contributed by atoms with Crippen LogP contribution >= 0.6 is 0 Å². The predicted octanol–water partition coefficient (Wildman–Crippen LogP) is 11.8. The average molecular weight is 628 g/mol. The Morgan fingerprint density at radius 3 is 1.39 bits per heavy atom. The highest BCUT2D eigenvalue weighted by molar-refractivity contribution is 5.91. The Bertz CT molecular complexity index is 2200. The molecule has 2 nitrogen and oxygen atoms in total. The second-order valence-electron chi connectivity index (χ2n) is 10.9. The highest BCUT2D eigenvalue weighted by Gasteiger charge is 2.37. The van der Waals surface area contributed by atoms with Gasteiger partial charge in [-0.2, -0.15) is 26.3 Å². The van der Waals surface area contributed by atoms with E-state index in [0.717, 1.165) is 50.7 Å². The lowest BCUT2D eigenvalue weighted by Gasteiger charge is -2.14. The molecule has 0 unspecified atom stereocenters. The van der Waals surface area contributed by atoms with Crippen molar-refractivity contribution < 1.29 is 35.2 Å². The van der Waals surface area contributed by atoms with Crippen molar-refractivity contribution in [2.45, 2.75) is 12.4 Å². The van der Waals surface area contributed by atoms with Gasteiger partial charge in [0.05, 0.1) is 11.1 Å². The Labute approximate surface area is 257 Å². The number of fused-ring (bicyclic) bond motifs is 2. The fourth-order valence-corrected chi connectivity index (χ4v) is 5.41. The molecule has 0 aliphatic heterocycles. The minimum atomic E-state index is -4.92. The SMILES string of the molecule is Fc1ccc2nc(-c3ccc(-c4ccc5cc(-c6ccc(-c7cc(C(F)(F)F)cc(C(F)(F)F)c7)cc6)ccc5c4)cc3)oc2c1. The summed E-state index contributed by atoms with van der Waals surface area (Å²) in [6, 6.07) is 31.7. The molecule has 7 aromatic rings. The van der Waals surface area contributed by atoms with Gasteiger partial charge in [0.25, 0.3) is 0 Å². The van der Waals surface area contributed by atoms with E-state index in [1.807, 2.05) is 60.7 Å². The first-order valence-corrected chi connectivity index (χ1v) is 14.0. The van der Waals surface area contributed by atoms with E-state index in [0.29, 0.717) is 17.0 Å². The van der Waals surface area contributed by atoms with Crippen molar-refractivity contribution >= 4 is 21.9 Å². The van der Waals surface area contributed by atoms with Gasteiger partial charge < -0.3 is 4.42 Å². The summed E-state index contributed by atoms with van der Waals surface area (Å²) in [6.07, 6.45) is -9.83. The number of oxazole rings is 1. The van der Waals surface area contributed by atoms with Gasteiger partial charge in [-0.15, -0.1) is 0 Å². The first-order chi connectivity index (χ1) is 21.9. The van der Waals surface area contributed by atoms with E-state index in [4.69, 9.17) is 4.42 Å². The summed E-state index contributed by atoms with van der Waals surface area (Å²) in [7, 11) is 0. The number of benzene rings is 6. The largest absolute Gasteiger partial charge is 0.436 e. The average Bonchev–Trinajstić information content (AvgIpc) is 3.47. The van der Waals surface area contributed by atoms with Crippen molar-refractivity contribution in [3.63, 3.8) is 0 Å². The number of rotatable bonds is 4. The van der Waals surface area contributed by atoms with Crippen LogP contribution in [0.2, 0.25) is 0 Å². The quantitative estimate of drug-likeness (QED) is 0.182. The van der Waals surface area contributed by atoms with Gasteiger partial charge >= 0.3 is 12.4 Å². The van der Waals surface area contributed by atoms with Crippen molar-refractivity contribution in [3.05, 3.63) is 138 Å². The van der Waals surface area contributed by atoms with E-state index in [-0.39, 0.29) is 17.2 Å². The van der Waals surface area contributed by atoms with E-state index in [1.165, 1.54) is 24.3 Å². The Kier molecular flexibility index (Phi) is 6.92. The molecule has 0 saturated heterocycles. The van der Waals surface area contributed by atoms with E-state index in [1.54, 1.807) is 18.2 Å². The van der Waals surface area contributed by atoms with E-state index in [9.17, 15) is 30.7 Å². The van der Waals surface area contributed by atoms with Gasteiger partial charge in [-0.1, -0.05) is 60.7 Å². The Morgan fingerprint density at radius 1 is 0.435 bits per heavy atom. The third-order valence-electron chi connectivity index (χ3n) is 7.80. The van der Waals surface area contributed by atoms with Crippen LogP contribution in [-0.2, 0) is 12.4 Å². The van der Waals surface area contributed by atoms with Crippen LogP contribution in [0.4, 0.5) is 30.7 Å². The summed E-state index contributed by atoms with van der Waals surface area (Å²) >= 11 is 0. The van der Waals surface area contributed by atoms with Gasteiger partial charge in [0.15, 0.2) is 5.58 Å². The van der Waals surface area contributed by atoms with Crippen molar-refractivity contribution in [1.82, 2.24) is 4.98 Å². The third-order valence-corrected chi connectivity index (χ3v) is 7.80. The lowest BCUT2D eigenvalue weighted by Crippen LogP contribution is -2.11. The summed E-state index contributed by atoms with van der Waals surface area (Å²) in [5.41, 5.74) is 2.61. The van der Waals surface area contributed by atoms with Crippen molar-refractivity contribution in [3.8, 4) is 44.8 Å². The fraction of sp³-hybridized carbons (Fsp3) is 0.0541. The molecule has 0 N–H and O–H groups in total. The first kappa shape index (κ1) is 29.3. The van der Waals surface area contributed by atoms with Crippen LogP contribution in [0, 0.1) is 5.82 Å². The monoisotopic (exact) mass is 627 g/mol. The lowest BCUT2D eigenvalue weighted by molar-refractivity contribution is -0.143. The van der Waals surface area contributed by atoms with Gasteiger partial charge in [0.2, 0.25) is 5.89 Å². The van der Waals surface area contributed by atoms with Gasteiger partial charge in [0.1, 0.15) is 11.3 Å². The Balaban J connectivity index is 1.13. The minimum Gasteiger partial charge on any atom is -0.436 e. The van der Waals surface area contributed by atoms with Crippen LogP contribution in [0.3, 0.4) is 0 Å². The molecule has 0 aliphatic carbocycles. The van der Waals surface area contributed by atoms with Crippen LogP contribution in [0.1, 0.15) is 11.1 Å². The zero-order valence-corrected chi connectivity index (χ0v) is 23.5. The molecule has 0 radical (unpaired) electrons. The molecule has 1 heterocycles. The summed E-state index contributed by atoms with van der Waals surface area (Å²) in [5, 5.41) is 1.93. The maximum absolute atomic E-state index is 13.5. The highest BCUT2D eigenvalue weighted by Crippen LogP contribution is 2.39. The number of halogens is 7. The highest BCUT2D eigenvalue weighted by atomic mass is 19.4. The standard InChI is InChI=1S/C37H20F7NO/c38-32-13-14-33-34(20-32)46-35(45-33)24-7-5-22(6-8-24)26-10-12-27-15-25(9-11-28(27)16-26)21-1-3-23(4-2-21)29-17-30(36(39,40)41)19-31(18-29)37(42,43)44/h1-20H. The van der Waals surface area contributed by atoms with Crippen molar-refractivity contribution in [2.24, 2.45) is 0 Å². The van der Waals surface area contributed by atoms with Gasteiger partial charge in [-0.3, -0.25) is 0 Å². The smallest absolute Gasteiger partial charge is 0.416 e. The Hall–Kier alpha value is -5.44. The van der Waals surface area contributed by atoms with Gasteiger partial charge in [-0.25, -0.2) is 9.37 Å². The summed E-state index contributed by atoms with van der Waals surface area (Å²) in [6.45, 7) is 0. The molecule has 0 bridgehead atoms. The molecule has 0 spiro atoms. The van der Waals surface area contributed by atoms with Crippen LogP contribution in [0.15, 0.2) is 126 Å². The van der Waals surface area contributed by atoms with Crippen molar-refractivity contribution in [1.29, 1.82) is 0 Å². The molecular weight excluding hydrogens is 607 g/mol. The normalized spacial score (nSPS) is 12.2. The fourth-order valence-electron chi connectivity index (χ4n) is 5.41. The summed E-state index contributed by atoms with van der Waals surface area (Å²) in [4.78, 5) is 4.43. The maximum atomic E-state index is 13.5. The molecule has 0 aliphatic rings. The van der Waals surface area contributed by atoms with Gasteiger partial charge in [-0.05, 0) is 98.8 Å². The lowest BCUT2D eigenvalue weighted by atomic mass is 9.95. The van der Waals surface area contributed by atoms with Crippen LogP contribution in [-0.4, -0.2) is 4.98 Å². The Morgan fingerprint density at radius 2 is 0.891 bits per heavy atom. The first-order valence-electron chi connectivity index (χ1n) is 14.0. The molecule has 0 amide bonds. The number of alkyl halides is 6. The topological polar surface area (TPSA) is 26.0 Å². The number of nitrogens with zero attached hydrogens (tertiary/aromatic N) is 1.